The SMILES string of the molecule is O[C@@H]1[C@H](O)[C@@H](COP(O)(O)=S)O[C@H]1n1cnc2c(NCc3ccccc3)ncnc21. The lowest BCUT2D eigenvalue weighted by molar-refractivity contribution is -0.0487. The molecule has 0 amide bonds. The molecule has 0 saturated carbocycles. The van der Waals surface area contributed by atoms with E-state index in [1.165, 1.54) is 17.2 Å². The predicted octanol–water partition coefficient (Wildman–Crippen LogP) is 0.283. The van der Waals surface area contributed by atoms with E-state index in [9.17, 15) is 20.0 Å². The van der Waals surface area contributed by atoms with Crippen LogP contribution >= 0.6 is 6.72 Å². The summed E-state index contributed by atoms with van der Waals surface area (Å²) in [5.74, 6) is 0.511. The minimum Gasteiger partial charge on any atom is -0.387 e. The molecule has 0 bridgehead atoms. The summed E-state index contributed by atoms with van der Waals surface area (Å²) in [6, 6.07) is 9.78. The Bertz CT molecular complexity index is 1060. The van der Waals surface area contributed by atoms with Crippen LogP contribution in [0.4, 0.5) is 5.82 Å². The molecule has 4 atom stereocenters. The molecule has 11 nitrogen and oxygen atoms in total. The van der Waals surface area contributed by atoms with Crippen molar-refractivity contribution in [3.8, 4) is 0 Å². The first-order chi connectivity index (χ1) is 14.3. The summed E-state index contributed by atoms with van der Waals surface area (Å²) in [6.45, 7) is -3.76. The van der Waals surface area contributed by atoms with E-state index in [1.54, 1.807) is 0 Å². The van der Waals surface area contributed by atoms with Gasteiger partial charge in [-0.2, -0.15) is 0 Å². The van der Waals surface area contributed by atoms with E-state index in [1.807, 2.05) is 30.3 Å². The highest BCUT2D eigenvalue weighted by Gasteiger charge is 2.45. The third-order valence-electron chi connectivity index (χ3n) is 4.68. The van der Waals surface area contributed by atoms with Crippen molar-refractivity contribution >= 4 is 35.5 Å². The van der Waals surface area contributed by atoms with E-state index in [2.05, 4.69) is 32.1 Å². The van der Waals surface area contributed by atoms with Crippen LogP contribution in [0, 0.1) is 0 Å². The van der Waals surface area contributed by atoms with Gasteiger partial charge < -0.3 is 34.6 Å². The smallest absolute Gasteiger partial charge is 0.321 e. The zero-order valence-corrected chi connectivity index (χ0v) is 17.2. The number of fused-ring (bicyclic) bond motifs is 1. The van der Waals surface area contributed by atoms with Crippen LogP contribution in [0.1, 0.15) is 11.8 Å². The molecule has 0 spiro atoms. The number of hydrogen-bond acceptors (Lipinski definition) is 9. The molecule has 1 fully saturated rings. The van der Waals surface area contributed by atoms with Crippen molar-refractivity contribution in [2.45, 2.75) is 31.1 Å². The molecule has 0 radical (unpaired) electrons. The quantitative estimate of drug-likeness (QED) is 0.313. The maximum absolute atomic E-state index is 10.4. The summed E-state index contributed by atoms with van der Waals surface area (Å²) < 4.78 is 11.9. The fourth-order valence-corrected chi connectivity index (χ4v) is 3.74. The molecular weight excluding hydrogens is 433 g/mol. The van der Waals surface area contributed by atoms with Gasteiger partial charge in [0.25, 0.3) is 0 Å². The summed E-state index contributed by atoms with van der Waals surface area (Å²) in [5, 5.41) is 23.9. The predicted molar refractivity (Wildman–Crippen MR) is 110 cm³/mol. The van der Waals surface area contributed by atoms with Crippen molar-refractivity contribution in [3.63, 3.8) is 0 Å². The zero-order chi connectivity index (χ0) is 21.3. The van der Waals surface area contributed by atoms with Crippen molar-refractivity contribution in [1.82, 2.24) is 19.5 Å². The number of aromatic nitrogens is 4. The molecule has 1 saturated heterocycles. The molecule has 1 aliphatic rings. The highest BCUT2D eigenvalue weighted by atomic mass is 32.5. The number of aliphatic hydroxyl groups is 2. The molecule has 3 aromatic rings. The average molecular weight is 453 g/mol. The Morgan fingerprint density at radius 1 is 1.13 bits per heavy atom. The summed E-state index contributed by atoms with van der Waals surface area (Å²) in [5.41, 5.74) is 1.94. The fourth-order valence-electron chi connectivity index (χ4n) is 3.22. The lowest BCUT2D eigenvalue weighted by Gasteiger charge is -2.17. The van der Waals surface area contributed by atoms with Gasteiger partial charge in [0.1, 0.15) is 24.6 Å². The van der Waals surface area contributed by atoms with Gasteiger partial charge in [-0.1, -0.05) is 30.3 Å². The van der Waals surface area contributed by atoms with E-state index in [-0.39, 0.29) is 6.61 Å². The van der Waals surface area contributed by atoms with E-state index in [4.69, 9.17) is 9.26 Å². The minimum atomic E-state index is -3.91. The molecule has 1 aromatic carbocycles. The maximum atomic E-state index is 10.4. The van der Waals surface area contributed by atoms with Gasteiger partial charge in [0.2, 0.25) is 0 Å². The normalized spacial score (nSPS) is 24.4. The highest BCUT2D eigenvalue weighted by molar-refractivity contribution is 8.06. The standard InChI is InChI=1S/C17H20N5O6PS/c23-13-11(7-27-29(25,26)30)28-17(14(13)24)22-9-21-12-15(19-8-20-16(12)22)18-6-10-4-2-1-3-5-10/h1-5,8-9,11,13-14,17,23-24H,6-7H2,(H,18,19,20)(H2,25,26,30)/t11-,13-,14-,17-/m1/s1. The Labute approximate surface area is 176 Å². The first-order valence-electron chi connectivity index (χ1n) is 9.00. The lowest BCUT2D eigenvalue weighted by atomic mass is 10.1. The van der Waals surface area contributed by atoms with Crippen LogP contribution in [-0.4, -0.2) is 64.4 Å². The highest BCUT2D eigenvalue weighted by Crippen LogP contribution is 2.39. The van der Waals surface area contributed by atoms with Gasteiger partial charge in [-0.05, 0) is 17.4 Å². The van der Waals surface area contributed by atoms with Crippen LogP contribution in [0.5, 0.6) is 0 Å². The average Bonchev–Trinajstić information content (AvgIpc) is 3.27. The molecule has 0 aliphatic carbocycles. The van der Waals surface area contributed by atoms with Crippen LogP contribution in [0.2, 0.25) is 0 Å². The number of nitrogens with one attached hydrogen (secondary N) is 1. The molecule has 5 N–H and O–H groups in total. The number of aliphatic hydroxyl groups excluding tert-OH is 2. The van der Waals surface area contributed by atoms with Crippen molar-refractivity contribution in [2.75, 3.05) is 11.9 Å². The van der Waals surface area contributed by atoms with Crippen molar-refractivity contribution in [1.29, 1.82) is 0 Å². The van der Waals surface area contributed by atoms with Crippen LogP contribution in [0.25, 0.3) is 11.2 Å². The molecular formula is C17H20N5O6PS. The van der Waals surface area contributed by atoms with Crippen molar-refractivity contribution < 1.29 is 29.3 Å². The van der Waals surface area contributed by atoms with Crippen molar-refractivity contribution in [3.05, 3.63) is 48.5 Å². The Morgan fingerprint density at radius 3 is 2.63 bits per heavy atom. The number of anilines is 1. The fraction of sp³-hybridized carbons (Fsp3) is 0.353. The van der Waals surface area contributed by atoms with Gasteiger partial charge in [0.15, 0.2) is 23.2 Å². The summed E-state index contributed by atoms with van der Waals surface area (Å²) in [7, 11) is 0. The van der Waals surface area contributed by atoms with Gasteiger partial charge in [0, 0.05) is 6.54 Å². The largest absolute Gasteiger partial charge is 0.387 e. The molecule has 13 heteroatoms. The van der Waals surface area contributed by atoms with Crippen LogP contribution < -0.4 is 5.32 Å². The zero-order valence-electron chi connectivity index (χ0n) is 15.5. The van der Waals surface area contributed by atoms with E-state index >= 15 is 0 Å². The Balaban J connectivity index is 1.54. The third-order valence-corrected chi connectivity index (χ3v) is 5.48. The molecule has 30 heavy (non-hydrogen) atoms. The number of nitrogens with zero attached hydrogens (tertiary/aromatic N) is 4. The second kappa shape index (κ2) is 8.61. The van der Waals surface area contributed by atoms with Gasteiger partial charge in [-0.3, -0.25) is 4.57 Å². The number of hydrogen-bond donors (Lipinski definition) is 5. The Morgan fingerprint density at radius 2 is 1.90 bits per heavy atom. The number of imidazole rings is 1. The van der Waals surface area contributed by atoms with E-state index in [0.29, 0.717) is 23.5 Å². The molecule has 0 unspecified atom stereocenters. The van der Waals surface area contributed by atoms with Gasteiger partial charge >= 0.3 is 6.72 Å². The molecule has 2 aromatic heterocycles. The number of rotatable bonds is 7. The Hall–Kier alpha value is -2.02. The first-order valence-corrected chi connectivity index (χ1v) is 11.6. The summed E-state index contributed by atoms with van der Waals surface area (Å²) in [4.78, 5) is 31.2. The van der Waals surface area contributed by atoms with E-state index < -0.39 is 31.3 Å². The monoisotopic (exact) mass is 453 g/mol. The van der Waals surface area contributed by atoms with Gasteiger partial charge in [0.05, 0.1) is 12.9 Å². The maximum Gasteiger partial charge on any atom is 0.321 e. The topological polar surface area (TPSA) is 155 Å². The summed E-state index contributed by atoms with van der Waals surface area (Å²) in [6.07, 6.45) is -1.88. The molecule has 1 aliphatic heterocycles. The second-order valence-corrected chi connectivity index (χ2v) is 9.38. The van der Waals surface area contributed by atoms with Crippen LogP contribution in [0.3, 0.4) is 0 Å². The van der Waals surface area contributed by atoms with Crippen molar-refractivity contribution in [2.24, 2.45) is 0 Å². The molecule has 160 valence electrons. The first kappa shape index (κ1) is 21.2. The van der Waals surface area contributed by atoms with Crippen LogP contribution in [-0.2, 0) is 27.6 Å². The number of ether oxygens (including phenoxy) is 1. The minimum absolute atomic E-state index is 0.384. The number of benzene rings is 1. The third kappa shape index (κ3) is 4.51. The van der Waals surface area contributed by atoms with E-state index in [0.717, 1.165) is 5.56 Å². The Kier molecular flexibility index (Phi) is 6.09. The van der Waals surface area contributed by atoms with Gasteiger partial charge in [-0.25, -0.2) is 15.0 Å². The van der Waals surface area contributed by atoms with Gasteiger partial charge in [-0.15, -0.1) is 0 Å². The second-order valence-electron chi connectivity index (χ2n) is 6.72. The summed E-state index contributed by atoms with van der Waals surface area (Å²) >= 11 is 4.40. The lowest BCUT2D eigenvalue weighted by Crippen LogP contribution is -2.33. The van der Waals surface area contributed by atoms with Crippen LogP contribution in [0.15, 0.2) is 43.0 Å². The molecule has 4 rings (SSSR count). The molecule has 3 heterocycles.